The summed E-state index contributed by atoms with van der Waals surface area (Å²) >= 11 is 0. The highest BCUT2D eigenvalue weighted by Gasteiger charge is 2.30. The molecule has 0 radical (unpaired) electrons. The average molecular weight is 1230 g/mol. The molecule has 2 unspecified atom stereocenters. The lowest BCUT2D eigenvalue weighted by Crippen LogP contribution is -2.30. The summed E-state index contributed by atoms with van der Waals surface area (Å²) in [6, 6.07) is 0. The molecule has 0 fully saturated rings. The molecule has 0 spiro atoms. The van der Waals surface area contributed by atoms with Crippen molar-refractivity contribution >= 4 is 39.5 Å². The topological polar surface area (TPSA) is 237 Å². The molecule has 0 aliphatic carbocycles. The van der Waals surface area contributed by atoms with Crippen LogP contribution in [0.3, 0.4) is 0 Å². The second-order valence-electron chi connectivity index (χ2n) is 24.6. The zero-order valence-electron chi connectivity index (χ0n) is 53.6. The number of phosphoric ester groups is 2. The maximum absolute atomic E-state index is 13.0. The van der Waals surface area contributed by atoms with Gasteiger partial charge in [-0.15, -0.1) is 0 Å². The van der Waals surface area contributed by atoms with Crippen molar-refractivity contribution in [2.24, 2.45) is 17.8 Å². The van der Waals surface area contributed by atoms with E-state index < -0.39 is 97.5 Å². The third-order valence-electron chi connectivity index (χ3n) is 14.6. The number of aliphatic hydroxyl groups is 1. The van der Waals surface area contributed by atoms with Gasteiger partial charge in [-0.05, 0) is 43.4 Å². The van der Waals surface area contributed by atoms with E-state index in [9.17, 15) is 43.2 Å². The first-order valence-corrected chi connectivity index (χ1v) is 36.3. The van der Waals surface area contributed by atoms with Gasteiger partial charge in [0.1, 0.15) is 19.3 Å². The van der Waals surface area contributed by atoms with E-state index in [1.807, 2.05) is 0 Å². The molecule has 0 aliphatic heterocycles. The summed E-state index contributed by atoms with van der Waals surface area (Å²) in [5, 5.41) is 10.5. The van der Waals surface area contributed by atoms with Gasteiger partial charge in [0.15, 0.2) is 12.2 Å². The third-order valence-corrected chi connectivity index (χ3v) is 16.5. The van der Waals surface area contributed by atoms with Crippen LogP contribution < -0.4 is 0 Å². The molecule has 83 heavy (non-hydrogen) atoms. The van der Waals surface area contributed by atoms with Gasteiger partial charge in [0.2, 0.25) is 0 Å². The second-order valence-corrected chi connectivity index (χ2v) is 27.5. The van der Waals surface area contributed by atoms with Crippen LogP contribution in [0.1, 0.15) is 312 Å². The summed E-state index contributed by atoms with van der Waals surface area (Å²) in [6.45, 7) is 11.7. The lowest BCUT2D eigenvalue weighted by atomic mass is 10.0. The van der Waals surface area contributed by atoms with Gasteiger partial charge in [-0.3, -0.25) is 37.3 Å². The van der Waals surface area contributed by atoms with Crippen molar-refractivity contribution in [2.45, 2.75) is 330 Å². The van der Waals surface area contributed by atoms with E-state index >= 15 is 0 Å². The molecule has 0 saturated carbocycles. The monoisotopic (exact) mass is 1230 g/mol. The fourth-order valence-corrected chi connectivity index (χ4v) is 11.1. The van der Waals surface area contributed by atoms with Crippen LogP contribution in [0.15, 0.2) is 0 Å². The van der Waals surface area contributed by atoms with E-state index in [-0.39, 0.29) is 25.7 Å². The second kappa shape index (κ2) is 55.4. The Morgan fingerprint density at radius 2 is 0.554 bits per heavy atom. The Kier molecular flexibility index (Phi) is 54.1. The smallest absolute Gasteiger partial charge is 0.462 e. The molecule has 0 bridgehead atoms. The van der Waals surface area contributed by atoms with Crippen LogP contribution in [0.25, 0.3) is 0 Å². The minimum atomic E-state index is -4.94. The molecule has 492 valence electrons. The van der Waals surface area contributed by atoms with Crippen molar-refractivity contribution in [1.82, 2.24) is 0 Å². The van der Waals surface area contributed by atoms with Crippen LogP contribution in [-0.2, 0) is 65.4 Å². The van der Waals surface area contributed by atoms with E-state index in [1.165, 1.54) is 103 Å². The van der Waals surface area contributed by atoms with Crippen LogP contribution in [0.2, 0.25) is 0 Å². The number of phosphoric acid groups is 2. The number of esters is 4. The van der Waals surface area contributed by atoms with Crippen molar-refractivity contribution in [3.63, 3.8) is 0 Å². The Morgan fingerprint density at radius 3 is 0.819 bits per heavy atom. The highest BCUT2D eigenvalue weighted by Crippen LogP contribution is 2.45. The molecule has 0 aromatic heterocycles. The molecule has 0 saturated heterocycles. The molecule has 17 nitrogen and oxygen atoms in total. The fraction of sp³-hybridized carbons (Fsp3) is 0.938. The van der Waals surface area contributed by atoms with Crippen LogP contribution in [0, 0.1) is 17.8 Å². The predicted molar refractivity (Wildman–Crippen MR) is 331 cm³/mol. The fourth-order valence-electron chi connectivity index (χ4n) is 9.48. The molecule has 3 N–H and O–H groups in total. The van der Waals surface area contributed by atoms with Gasteiger partial charge in [0.05, 0.1) is 26.4 Å². The van der Waals surface area contributed by atoms with Crippen molar-refractivity contribution in [1.29, 1.82) is 0 Å². The Morgan fingerprint density at radius 1 is 0.325 bits per heavy atom. The largest absolute Gasteiger partial charge is 0.472 e. The van der Waals surface area contributed by atoms with Gasteiger partial charge >= 0.3 is 39.5 Å². The summed E-state index contributed by atoms with van der Waals surface area (Å²) in [5.41, 5.74) is 0. The molecule has 0 amide bonds. The maximum atomic E-state index is 13.0. The molecule has 0 aromatic rings. The minimum Gasteiger partial charge on any atom is -0.462 e. The number of carbonyl (C=O) groups is 4. The quantitative estimate of drug-likeness (QED) is 0.0222. The number of unbranched alkanes of at least 4 members (excludes halogenated alkanes) is 30. The highest BCUT2D eigenvalue weighted by molar-refractivity contribution is 7.47. The van der Waals surface area contributed by atoms with Crippen LogP contribution in [-0.4, -0.2) is 96.7 Å². The van der Waals surface area contributed by atoms with Gasteiger partial charge in [-0.2, -0.15) is 0 Å². The zero-order chi connectivity index (χ0) is 61.7. The average Bonchev–Trinajstić information content (AvgIpc) is 3.43. The number of hydrogen-bond acceptors (Lipinski definition) is 15. The van der Waals surface area contributed by atoms with Crippen LogP contribution >= 0.6 is 15.6 Å². The van der Waals surface area contributed by atoms with Gasteiger partial charge < -0.3 is 33.8 Å². The summed E-state index contributed by atoms with van der Waals surface area (Å²) in [4.78, 5) is 72.1. The van der Waals surface area contributed by atoms with Crippen LogP contribution in [0.5, 0.6) is 0 Å². The summed E-state index contributed by atoms with van der Waals surface area (Å²) in [7, 11) is -9.88. The Balaban J connectivity index is 5.20. The molecule has 0 heterocycles. The van der Waals surface area contributed by atoms with Gasteiger partial charge in [0.25, 0.3) is 0 Å². The zero-order valence-corrected chi connectivity index (χ0v) is 55.4. The molecule has 5 atom stereocenters. The molecule has 0 rings (SSSR count). The Labute approximate surface area is 505 Å². The van der Waals surface area contributed by atoms with Crippen molar-refractivity contribution in [3.8, 4) is 0 Å². The first-order valence-electron chi connectivity index (χ1n) is 33.3. The minimum absolute atomic E-state index is 0.103. The maximum Gasteiger partial charge on any atom is 0.472 e. The summed E-state index contributed by atoms with van der Waals surface area (Å²) in [5.74, 6) is 0.0453. The third kappa shape index (κ3) is 58.8. The van der Waals surface area contributed by atoms with Gasteiger partial charge in [0, 0.05) is 25.7 Å². The standard InChI is InChI=1S/C64H124O17P2/c1-8-9-10-11-21-31-38-45-61(66)74-51-59(81-64(69)48-41-34-27-20-24-30-37-44-57(6)7)53-78-82(70,71)76-49-58(65)50-77-83(72,73)79-54-60(52-75-62(67)46-39-32-26-19-23-29-36-43-56(4)5)80-63(68)47-40-33-25-18-16-14-12-13-15-17-22-28-35-42-55(2)3/h55-60,65H,8-54H2,1-7H3,(H,70,71)(H,72,73)/t58-,59+,60+/m0/s1. The first-order chi connectivity index (χ1) is 39.7. The van der Waals surface area contributed by atoms with Crippen molar-refractivity contribution in [3.05, 3.63) is 0 Å². The SMILES string of the molecule is CCCCCCCCCC(=O)OC[C@H](COP(=O)(O)OC[C@H](O)COP(=O)(O)OC[C@@H](COC(=O)CCCCCCCCCC(C)C)OC(=O)CCCCCCCCCCCCCCCC(C)C)OC(=O)CCCCCCCCCC(C)C. The Hall–Kier alpha value is -1.94. The Bertz CT molecular complexity index is 1650. The summed E-state index contributed by atoms with van der Waals surface area (Å²) < 4.78 is 67.9. The number of aliphatic hydroxyl groups excluding tert-OH is 1. The van der Waals surface area contributed by atoms with Crippen molar-refractivity contribution < 1.29 is 80.2 Å². The number of rotatable bonds is 62. The molecule has 0 aromatic carbocycles. The van der Waals surface area contributed by atoms with E-state index in [0.29, 0.717) is 37.5 Å². The lowest BCUT2D eigenvalue weighted by molar-refractivity contribution is -0.161. The van der Waals surface area contributed by atoms with E-state index in [4.69, 9.17) is 37.0 Å². The molecule has 19 heteroatoms. The van der Waals surface area contributed by atoms with E-state index in [0.717, 1.165) is 115 Å². The predicted octanol–water partition coefficient (Wildman–Crippen LogP) is 17.5. The van der Waals surface area contributed by atoms with Gasteiger partial charge in [-0.25, -0.2) is 9.13 Å². The number of carbonyl (C=O) groups excluding carboxylic acids is 4. The lowest BCUT2D eigenvalue weighted by Gasteiger charge is -2.21. The molecular formula is C64H124O17P2. The molecular weight excluding hydrogens is 1100 g/mol. The van der Waals surface area contributed by atoms with Crippen LogP contribution in [0.4, 0.5) is 0 Å². The van der Waals surface area contributed by atoms with Gasteiger partial charge in [-0.1, -0.05) is 260 Å². The first kappa shape index (κ1) is 81.1. The highest BCUT2D eigenvalue weighted by atomic mass is 31.2. The van der Waals surface area contributed by atoms with E-state index in [1.54, 1.807) is 0 Å². The summed E-state index contributed by atoms with van der Waals surface area (Å²) in [6.07, 6.45) is 36.5. The number of ether oxygens (including phenoxy) is 4. The van der Waals surface area contributed by atoms with Crippen molar-refractivity contribution in [2.75, 3.05) is 39.6 Å². The van der Waals surface area contributed by atoms with E-state index in [2.05, 4.69) is 48.5 Å². The normalized spacial score (nSPS) is 14.4. The molecule has 0 aliphatic rings. The number of hydrogen-bond donors (Lipinski definition) is 3.